The summed E-state index contributed by atoms with van der Waals surface area (Å²) in [6, 6.07) is 0.406. The number of ether oxygens (including phenoxy) is 1. The second-order valence-electron chi connectivity index (χ2n) is 5.54. The second kappa shape index (κ2) is 6.73. The number of piperidine rings is 3. The van der Waals surface area contributed by atoms with E-state index in [-0.39, 0.29) is 12.5 Å². The monoisotopic (exact) mass is 280 g/mol. The standard InChI is InChI=1S/C14H20N2O4/c1-2-10-7-16-4-3-11(10)5-12(16)6-15-13(17)8-20-9-14(18)19/h1,10-12H,3-9H2,(H,15,17)(H,18,19)/t10-,11-,12+/m0/s1. The molecule has 0 radical (unpaired) electrons. The molecule has 6 heteroatoms. The van der Waals surface area contributed by atoms with Gasteiger partial charge in [0, 0.05) is 12.8 Å². The van der Waals surface area contributed by atoms with E-state index in [1.54, 1.807) is 0 Å². The smallest absolute Gasteiger partial charge is 0.246 e. The molecule has 0 aromatic rings. The molecule has 0 aliphatic carbocycles. The van der Waals surface area contributed by atoms with Crippen LogP contribution < -0.4 is 15.3 Å². The average Bonchev–Trinajstić information content (AvgIpc) is 2.45. The van der Waals surface area contributed by atoms with E-state index < -0.39 is 12.6 Å². The van der Waals surface area contributed by atoms with Crippen LogP contribution in [-0.4, -0.2) is 50.8 Å². The zero-order valence-electron chi connectivity index (χ0n) is 11.4. The minimum absolute atomic E-state index is 0.244. The number of terminal acetylenes is 1. The molecule has 1 amide bonds. The number of aliphatic carboxylic acids is 1. The lowest BCUT2D eigenvalue weighted by Gasteiger charge is -2.45. The molecule has 3 aliphatic heterocycles. The Labute approximate surface area is 118 Å². The molecule has 6 nitrogen and oxygen atoms in total. The Morgan fingerprint density at radius 2 is 2.25 bits per heavy atom. The Morgan fingerprint density at radius 3 is 2.85 bits per heavy atom. The fourth-order valence-electron chi connectivity index (χ4n) is 3.25. The van der Waals surface area contributed by atoms with Crippen molar-refractivity contribution in [3.63, 3.8) is 0 Å². The normalized spacial score (nSPS) is 31.6. The molecule has 0 saturated carbocycles. The molecule has 3 aliphatic rings. The van der Waals surface area contributed by atoms with Gasteiger partial charge in [0.2, 0.25) is 5.91 Å². The fourth-order valence-corrected chi connectivity index (χ4v) is 3.25. The molecule has 0 aromatic carbocycles. The third kappa shape index (κ3) is 3.71. The zero-order chi connectivity index (χ0) is 14.5. The van der Waals surface area contributed by atoms with Crippen LogP contribution in [0, 0.1) is 24.2 Å². The summed E-state index contributed by atoms with van der Waals surface area (Å²) in [5.41, 5.74) is 0. The van der Waals surface area contributed by atoms with E-state index in [4.69, 9.17) is 6.42 Å². The van der Waals surface area contributed by atoms with Crippen molar-refractivity contribution in [2.24, 2.45) is 11.8 Å². The minimum atomic E-state index is -1.32. The maximum Gasteiger partial charge on any atom is 0.246 e. The molecular formula is C14H20N2O4. The van der Waals surface area contributed by atoms with Crippen LogP contribution in [0.4, 0.5) is 0 Å². The Bertz CT molecular complexity index is 418. The van der Waals surface area contributed by atoms with Crippen LogP contribution in [0.15, 0.2) is 0 Å². The molecule has 3 saturated heterocycles. The number of rotatable bonds is 6. The number of carbonyl (C=O) groups is 2. The van der Waals surface area contributed by atoms with Crippen molar-refractivity contribution >= 4 is 11.9 Å². The van der Waals surface area contributed by atoms with Crippen LogP contribution in [0.25, 0.3) is 0 Å². The molecule has 3 rings (SSSR count). The van der Waals surface area contributed by atoms with E-state index in [1.165, 1.54) is 11.3 Å². The first-order valence-corrected chi connectivity index (χ1v) is 6.95. The summed E-state index contributed by atoms with van der Waals surface area (Å²) in [6.07, 6.45) is 7.75. The molecule has 3 fully saturated rings. The van der Waals surface area contributed by atoms with Gasteiger partial charge in [-0.3, -0.25) is 4.79 Å². The fraction of sp³-hybridized carbons (Fsp3) is 0.714. The Morgan fingerprint density at radius 1 is 1.45 bits per heavy atom. The number of hydrogen-bond donors (Lipinski definition) is 2. The van der Waals surface area contributed by atoms with E-state index in [2.05, 4.69) is 16.0 Å². The molecule has 4 atom stereocenters. The predicted molar refractivity (Wildman–Crippen MR) is 68.4 cm³/mol. The van der Waals surface area contributed by atoms with Crippen molar-refractivity contribution in [3.8, 4) is 12.3 Å². The minimum Gasteiger partial charge on any atom is -0.548 e. The SMILES string of the molecule is C#C[C@H]1C[NH+]2CC[C@H]1C[C@@H]2CNC(=O)COCC(=O)[O-]. The van der Waals surface area contributed by atoms with Crippen molar-refractivity contribution < 1.29 is 24.3 Å². The van der Waals surface area contributed by atoms with Gasteiger partial charge < -0.3 is 24.9 Å². The van der Waals surface area contributed by atoms with E-state index in [0.717, 1.165) is 19.5 Å². The van der Waals surface area contributed by atoms with E-state index >= 15 is 0 Å². The van der Waals surface area contributed by atoms with Gasteiger partial charge in [-0.1, -0.05) is 5.92 Å². The summed E-state index contributed by atoms with van der Waals surface area (Å²) in [5.74, 6) is 2.21. The number of carbonyl (C=O) groups excluding carboxylic acids is 2. The van der Waals surface area contributed by atoms with Gasteiger partial charge in [0.1, 0.15) is 12.6 Å². The third-order valence-corrected chi connectivity index (χ3v) is 4.26. The average molecular weight is 280 g/mol. The van der Waals surface area contributed by atoms with Crippen molar-refractivity contribution in [1.29, 1.82) is 0 Å². The highest BCUT2D eigenvalue weighted by molar-refractivity contribution is 5.77. The molecule has 3 heterocycles. The molecule has 20 heavy (non-hydrogen) atoms. The van der Waals surface area contributed by atoms with Crippen molar-refractivity contribution in [2.75, 3.05) is 32.8 Å². The van der Waals surface area contributed by atoms with Gasteiger partial charge in [0.25, 0.3) is 0 Å². The van der Waals surface area contributed by atoms with Crippen LogP contribution in [0.2, 0.25) is 0 Å². The molecule has 2 bridgehead atoms. The lowest BCUT2D eigenvalue weighted by Crippen LogP contribution is -3.20. The Kier molecular flexibility index (Phi) is 4.99. The number of nitrogens with one attached hydrogen (secondary N) is 2. The first-order chi connectivity index (χ1) is 9.60. The molecule has 110 valence electrons. The van der Waals surface area contributed by atoms with Gasteiger partial charge in [-0.25, -0.2) is 0 Å². The molecular weight excluding hydrogens is 260 g/mol. The maximum atomic E-state index is 11.5. The maximum absolute atomic E-state index is 11.5. The summed E-state index contributed by atoms with van der Waals surface area (Å²) in [6.45, 7) is 1.90. The first kappa shape index (κ1) is 14.8. The van der Waals surface area contributed by atoms with Crippen molar-refractivity contribution in [1.82, 2.24) is 5.32 Å². The second-order valence-corrected chi connectivity index (χ2v) is 5.54. The van der Waals surface area contributed by atoms with Crippen LogP contribution in [0.3, 0.4) is 0 Å². The van der Waals surface area contributed by atoms with Gasteiger partial charge >= 0.3 is 0 Å². The van der Waals surface area contributed by atoms with Crippen molar-refractivity contribution in [3.05, 3.63) is 0 Å². The lowest BCUT2D eigenvalue weighted by molar-refractivity contribution is -0.943. The van der Waals surface area contributed by atoms with E-state index in [9.17, 15) is 14.7 Å². The zero-order valence-corrected chi connectivity index (χ0v) is 11.4. The van der Waals surface area contributed by atoms with E-state index in [1.807, 2.05) is 0 Å². The number of hydrogen-bond acceptors (Lipinski definition) is 4. The number of quaternary nitrogens is 1. The quantitative estimate of drug-likeness (QED) is 0.502. The van der Waals surface area contributed by atoms with Crippen LogP contribution in [-0.2, 0) is 14.3 Å². The third-order valence-electron chi connectivity index (χ3n) is 4.26. The highest BCUT2D eigenvalue weighted by atomic mass is 16.5. The predicted octanol–water partition coefficient (Wildman–Crippen LogP) is -3.20. The summed E-state index contributed by atoms with van der Waals surface area (Å²) in [4.78, 5) is 23.1. The molecule has 0 aromatic heterocycles. The lowest BCUT2D eigenvalue weighted by atomic mass is 9.76. The summed E-state index contributed by atoms with van der Waals surface area (Å²) < 4.78 is 4.69. The van der Waals surface area contributed by atoms with Gasteiger partial charge in [-0.05, 0) is 5.92 Å². The number of fused-ring (bicyclic) bond motifs is 3. The van der Waals surface area contributed by atoms with Crippen LogP contribution in [0.1, 0.15) is 12.8 Å². The Hall–Kier alpha value is -1.58. The highest BCUT2D eigenvalue weighted by Gasteiger charge is 2.42. The van der Waals surface area contributed by atoms with Gasteiger partial charge in [-0.2, -0.15) is 0 Å². The highest BCUT2D eigenvalue weighted by Crippen LogP contribution is 2.25. The number of carboxylic acid groups (broad SMARTS) is 1. The first-order valence-electron chi connectivity index (χ1n) is 6.95. The number of amides is 1. The van der Waals surface area contributed by atoms with Gasteiger partial charge in [0.15, 0.2) is 0 Å². The summed E-state index contributed by atoms with van der Waals surface area (Å²) in [5, 5.41) is 12.9. The number of carboxylic acids is 1. The summed E-state index contributed by atoms with van der Waals surface area (Å²) in [7, 11) is 0. The topological polar surface area (TPSA) is 82.9 Å². The molecule has 1 unspecified atom stereocenters. The molecule has 2 N–H and O–H groups in total. The van der Waals surface area contributed by atoms with Gasteiger partial charge in [0.05, 0.1) is 38.1 Å². The van der Waals surface area contributed by atoms with E-state index in [0.29, 0.717) is 24.4 Å². The largest absolute Gasteiger partial charge is 0.548 e. The summed E-state index contributed by atoms with van der Waals surface area (Å²) >= 11 is 0. The Balaban J connectivity index is 1.69. The van der Waals surface area contributed by atoms with Crippen molar-refractivity contribution in [2.45, 2.75) is 18.9 Å². The molecule has 0 spiro atoms. The van der Waals surface area contributed by atoms with Crippen LogP contribution in [0.5, 0.6) is 0 Å². The van der Waals surface area contributed by atoms with Crippen LogP contribution >= 0.6 is 0 Å². The van der Waals surface area contributed by atoms with Gasteiger partial charge in [-0.15, -0.1) is 6.42 Å².